The minimum Gasteiger partial charge on any atom is -0.439 e. The smallest absolute Gasteiger partial charge is 0.410 e. The maximum Gasteiger partial charge on any atom is 0.410 e. The number of hydrogen-bond acceptors (Lipinski definition) is 3. The van der Waals surface area contributed by atoms with Crippen LogP contribution in [0.3, 0.4) is 0 Å². The molecule has 0 radical (unpaired) electrons. The van der Waals surface area contributed by atoms with Gasteiger partial charge in [0.25, 0.3) is 0 Å². The van der Waals surface area contributed by atoms with Crippen LogP contribution < -0.4 is 0 Å². The molecule has 1 amide bonds. The fourth-order valence-electron chi connectivity index (χ4n) is 4.30. The van der Waals surface area contributed by atoms with Gasteiger partial charge in [-0.3, -0.25) is 0 Å². The van der Waals surface area contributed by atoms with Gasteiger partial charge in [-0.2, -0.15) is 0 Å². The average molecular weight is 359 g/mol. The van der Waals surface area contributed by atoms with Crippen LogP contribution in [0.1, 0.15) is 64.0 Å². The molecule has 4 nitrogen and oxygen atoms in total. The van der Waals surface area contributed by atoms with Crippen molar-refractivity contribution in [3.8, 4) is 0 Å². The monoisotopic (exact) mass is 358 g/mol. The highest BCUT2D eigenvalue weighted by Gasteiger charge is 2.42. The second kappa shape index (κ2) is 9.40. The molecule has 2 heterocycles. The SMILES string of the molecule is CC(C)C[C@H]1[C@@H](c2ccccc2)OC(=O)N1CCCN1CCCCCC1. The van der Waals surface area contributed by atoms with Crippen LogP contribution in [0, 0.1) is 5.92 Å². The summed E-state index contributed by atoms with van der Waals surface area (Å²) in [7, 11) is 0. The minimum atomic E-state index is -0.139. The molecular weight excluding hydrogens is 324 g/mol. The van der Waals surface area contributed by atoms with Gasteiger partial charge in [0, 0.05) is 6.54 Å². The molecule has 0 N–H and O–H groups in total. The summed E-state index contributed by atoms with van der Waals surface area (Å²) in [5.74, 6) is 0.536. The summed E-state index contributed by atoms with van der Waals surface area (Å²) < 4.78 is 5.81. The summed E-state index contributed by atoms with van der Waals surface area (Å²) in [5.41, 5.74) is 1.11. The molecule has 1 aromatic rings. The first-order valence-electron chi connectivity index (χ1n) is 10.4. The van der Waals surface area contributed by atoms with Crippen LogP contribution in [0.5, 0.6) is 0 Å². The standard InChI is InChI=1S/C22H34N2O2/c1-18(2)17-20-21(19-11-6-5-7-12-19)26-22(25)24(20)16-10-15-23-13-8-3-4-9-14-23/h5-7,11-12,18,20-21H,3-4,8-10,13-17H2,1-2H3/t20-,21+/m0/s1. The molecule has 0 aliphatic carbocycles. The highest BCUT2D eigenvalue weighted by Crippen LogP contribution is 2.36. The Morgan fingerprint density at radius 2 is 1.73 bits per heavy atom. The summed E-state index contributed by atoms with van der Waals surface area (Å²) in [6.07, 6.45) is 7.11. The van der Waals surface area contributed by atoms with E-state index in [1.54, 1.807) is 0 Å². The third-order valence-corrected chi connectivity index (χ3v) is 5.63. The second-order valence-electron chi connectivity index (χ2n) is 8.21. The number of nitrogens with zero attached hydrogens (tertiary/aromatic N) is 2. The molecule has 2 atom stereocenters. The fourth-order valence-corrected chi connectivity index (χ4v) is 4.30. The van der Waals surface area contributed by atoms with Crippen molar-refractivity contribution < 1.29 is 9.53 Å². The summed E-state index contributed by atoms with van der Waals surface area (Å²) in [6.45, 7) is 8.77. The van der Waals surface area contributed by atoms with E-state index in [1.807, 2.05) is 23.1 Å². The van der Waals surface area contributed by atoms with Gasteiger partial charge in [0.15, 0.2) is 0 Å². The van der Waals surface area contributed by atoms with E-state index in [0.29, 0.717) is 5.92 Å². The van der Waals surface area contributed by atoms with E-state index < -0.39 is 0 Å². The number of cyclic esters (lactones) is 1. The van der Waals surface area contributed by atoms with Crippen molar-refractivity contribution in [1.82, 2.24) is 9.80 Å². The van der Waals surface area contributed by atoms with Crippen LogP contribution in [-0.2, 0) is 4.74 Å². The largest absolute Gasteiger partial charge is 0.439 e. The molecule has 2 fully saturated rings. The molecular formula is C22H34N2O2. The zero-order valence-electron chi connectivity index (χ0n) is 16.4. The Bertz CT molecular complexity index is 553. The van der Waals surface area contributed by atoms with Gasteiger partial charge in [-0.05, 0) is 56.8 Å². The van der Waals surface area contributed by atoms with E-state index in [1.165, 1.54) is 38.8 Å². The van der Waals surface area contributed by atoms with Gasteiger partial charge in [-0.15, -0.1) is 0 Å². The number of amides is 1. The number of benzene rings is 1. The fraction of sp³-hybridized carbons (Fsp3) is 0.682. The second-order valence-corrected chi connectivity index (χ2v) is 8.21. The van der Waals surface area contributed by atoms with Gasteiger partial charge in [0.1, 0.15) is 6.10 Å². The van der Waals surface area contributed by atoms with Crippen LogP contribution in [0.25, 0.3) is 0 Å². The molecule has 0 saturated carbocycles. The quantitative estimate of drug-likeness (QED) is 0.698. The van der Waals surface area contributed by atoms with Crippen molar-refractivity contribution in [3.63, 3.8) is 0 Å². The first kappa shape index (κ1) is 19.2. The van der Waals surface area contributed by atoms with Crippen LogP contribution in [0.4, 0.5) is 4.79 Å². The average Bonchev–Trinajstić information content (AvgIpc) is 2.80. The highest BCUT2D eigenvalue weighted by molar-refractivity contribution is 5.71. The predicted molar refractivity (Wildman–Crippen MR) is 105 cm³/mol. The van der Waals surface area contributed by atoms with Gasteiger partial charge in [-0.1, -0.05) is 57.0 Å². The number of ether oxygens (including phenoxy) is 1. The predicted octanol–water partition coefficient (Wildman–Crippen LogP) is 4.86. The van der Waals surface area contributed by atoms with Gasteiger partial charge < -0.3 is 14.5 Å². The van der Waals surface area contributed by atoms with Gasteiger partial charge in [0.05, 0.1) is 6.04 Å². The molecule has 1 aromatic carbocycles. The molecule has 3 rings (SSSR count). The molecule has 2 aliphatic rings. The summed E-state index contributed by atoms with van der Waals surface area (Å²) >= 11 is 0. The Labute approximate surface area is 158 Å². The molecule has 0 spiro atoms. The highest BCUT2D eigenvalue weighted by atomic mass is 16.6. The van der Waals surface area contributed by atoms with Crippen molar-refractivity contribution in [2.75, 3.05) is 26.2 Å². The third kappa shape index (κ3) is 5.00. The molecule has 0 bridgehead atoms. The summed E-state index contributed by atoms with van der Waals surface area (Å²) in [6, 6.07) is 10.4. The Kier molecular flexibility index (Phi) is 6.95. The maximum atomic E-state index is 12.6. The normalized spacial score (nSPS) is 24.7. The van der Waals surface area contributed by atoms with E-state index >= 15 is 0 Å². The molecule has 0 unspecified atom stereocenters. The molecule has 2 aliphatic heterocycles. The van der Waals surface area contributed by atoms with Crippen molar-refractivity contribution in [1.29, 1.82) is 0 Å². The van der Waals surface area contributed by atoms with E-state index in [2.05, 4.69) is 30.9 Å². The van der Waals surface area contributed by atoms with Crippen LogP contribution in [0.2, 0.25) is 0 Å². The third-order valence-electron chi connectivity index (χ3n) is 5.63. The molecule has 2 saturated heterocycles. The van der Waals surface area contributed by atoms with E-state index in [4.69, 9.17) is 4.74 Å². The summed E-state index contributed by atoms with van der Waals surface area (Å²) in [4.78, 5) is 17.1. The zero-order valence-corrected chi connectivity index (χ0v) is 16.4. The van der Waals surface area contributed by atoms with Crippen molar-refractivity contribution in [2.45, 2.75) is 64.5 Å². The summed E-state index contributed by atoms with van der Waals surface area (Å²) in [5, 5.41) is 0. The Hall–Kier alpha value is -1.55. The molecule has 144 valence electrons. The first-order chi connectivity index (χ1) is 12.6. The lowest BCUT2D eigenvalue weighted by atomic mass is 9.94. The van der Waals surface area contributed by atoms with Gasteiger partial charge >= 0.3 is 6.09 Å². The van der Waals surface area contributed by atoms with Crippen molar-refractivity contribution in [2.24, 2.45) is 5.92 Å². The number of hydrogen-bond donors (Lipinski definition) is 0. The van der Waals surface area contributed by atoms with Crippen LogP contribution in [-0.4, -0.2) is 48.1 Å². The Morgan fingerprint density at radius 1 is 1.04 bits per heavy atom. The number of rotatable bonds is 7. The topological polar surface area (TPSA) is 32.8 Å². The van der Waals surface area contributed by atoms with Gasteiger partial charge in [-0.25, -0.2) is 4.79 Å². The molecule has 4 heteroatoms. The van der Waals surface area contributed by atoms with Crippen LogP contribution >= 0.6 is 0 Å². The lowest BCUT2D eigenvalue weighted by Gasteiger charge is -2.27. The number of likely N-dealkylation sites (tertiary alicyclic amines) is 1. The minimum absolute atomic E-state index is 0.135. The van der Waals surface area contributed by atoms with E-state index in [9.17, 15) is 4.79 Å². The van der Waals surface area contributed by atoms with E-state index in [0.717, 1.165) is 31.5 Å². The lowest BCUT2D eigenvalue weighted by Crippen LogP contribution is -2.37. The molecule has 0 aromatic heterocycles. The lowest BCUT2D eigenvalue weighted by molar-refractivity contribution is 0.128. The van der Waals surface area contributed by atoms with E-state index in [-0.39, 0.29) is 18.2 Å². The zero-order chi connectivity index (χ0) is 18.4. The number of carbonyl (C=O) groups excluding carboxylic acids is 1. The molecule has 26 heavy (non-hydrogen) atoms. The number of carbonyl (C=O) groups is 1. The Balaban J connectivity index is 1.61. The maximum absolute atomic E-state index is 12.6. The Morgan fingerprint density at radius 3 is 2.38 bits per heavy atom. The van der Waals surface area contributed by atoms with Crippen LogP contribution in [0.15, 0.2) is 30.3 Å². The first-order valence-corrected chi connectivity index (χ1v) is 10.4. The van der Waals surface area contributed by atoms with Crippen molar-refractivity contribution >= 4 is 6.09 Å². The van der Waals surface area contributed by atoms with Gasteiger partial charge in [0.2, 0.25) is 0 Å². The van der Waals surface area contributed by atoms with Crippen molar-refractivity contribution in [3.05, 3.63) is 35.9 Å².